The molecule has 0 fully saturated rings. The minimum Gasteiger partial charge on any atom is -0.383 e. The van der Waals surface area contributed by atoms with Crippen LogP contribution in [0.3, 0.4) is 0 Å². The number of para-hydroxylation sites is 1. The van der Waals surface area contributed by atoms with Crippen LogP contribution in [0.4, 0.5) is 0 Å². The van der Waals surface area contributed by atoms with Crippen molar-refractivity contribution in [2.45, 2.75) is 6.92 Å². The molecule has 5 heteroatoms. The molecule has 8 rings (SSSR count). The SMILES string of the molecule is Cc1ccccc1.N=C(N=C(N)c1cccc(-c2ccccc2)c1)c1cncc(-n2c3ccccc3c3c4ccccc4ccc32)c1. The van der Waals surface area contributed by atoms with Crippen LogP contribution in [0.2, 0.25) is 0 Å². The summed E-state index contributed by atoms with van der Waals surface area (Å²) in [6.45, 7) is 2.08. The Kier molecular flexibility index (Phi) is 8.10. The number of nitrogens with two attached hydrogens (primary N) is 1. The molecule has 2 heterocycles. The minimum absolute atomic E-state index is 0.0585. The smallest absolute Gasteiger partial charge is 0.155 e. The molecule has 0 spiro atoms. The second kappa shape index (κ2) is 13.0. The minimum atomic E-state index is 0.0585. The Hall–Kier alpha value is -6.33. The fourth-order valence-electron chi connectivity index (χ4n) is 5.97. The molecule has 0 unspecified atom stereocenters. The van der Waals surface area contributed by atoms with Gasteiger partial charge >= 0.3 is 0 Å². The molecule has 0 bridgehead atoms. The molecule has 3 N–H and O–H groups in total. The van der Waals surface area contributed by atoms with Gasteiger partial charge in [0.1, 0.15) is 5.84 Å². The molecule has 6 aromatic carbocycles. The van der Waals surface area contributed by atoms with Gasteiger partial charge in [-0.25, -0.2) is 4.99 Å². The van der Waals surface area contributed by atoms with Crippen molar-refractivity contribution in [3.8, 4) is 16.8 Å². The van der Waals surface area contributed by atoms with E-state index < -0.39 is 0 Å². The van der Waals surface area contributed by atoms with Gasteiger partial charge in [-0.15, -0.1) is 0 Å². The molecular formula is C42H33N5. The van der Waals surface area contributed by atoms with E-state index in [1.807, 2.05) is 79.0 Å². The molecule has 47 heavy (non-hydrogen) atoms. The average Bonchev–Trinajstić information content (AvgIpc) is 3.48. The van der Waals surface area contributed by atoms with E-state index in [1.165, 1.54) is 27.1 Å². The van der Waals surface area contributed by atoms with E-state index in [0.29, 0.717) is 5.56 Å². The van der Waals surface area contributed by atoms with E-state index in [2.05, 4.69) is 100 Å². The molecular weight excluding hydrogens is 574 g/mol. The molecule has 8 aromatic rings. The first-order valence-corrected chi connectivity index (χ1v) is 15.5. The maximum atomic E-state index is 8.77. The Morgan fingerprint density at radius 1 is 0.617 bits per heavy atom. The number of aromatic nitrogens is 2. The maximum absolute atomic E-state index is 8.77. The van der Waals surface area contributed by atoms with Crippen molar-refractivity contribution in [1.29, 1.82) is 5.41 Å². The van der Waals surface area contributed by atoms with Crippen molar-refractivity contribution < 1.29 is 0 Å². The van der Waals surface area contributed by atoms with Crippen molar-refractivity contribution in [3.05, 3.63) is 181 Å². The van der Waals surface area contributed by atoms with E-state index in [4.69, 9.17) is 11.1 Å². The summed E-state index contributed by atoms with van der Waals surface area (Å²) in [6.07, 6.45) is 3.49. The van der Waals surface area contributed by atoms with Crippen LogP contribution in [0.1, 0.15) is 16.7 Å². The topological polar surface area (TPSA) is 80.1 Å². The Morgan fingerprint density at radius 3 is 2.06 bits per heavy atom. The van der Waals surface area contributed by atoms with Gasteiger partial charge in [0.2, 0.25) is 0 Å². The summed E-state index contributed by atoms with van der Waals surface area (Å²) in [7, 11) is 0. The van der Waals surface area contributed by atoms with Crippen molar-refractivity contribution in [1.82, 2.24) is 9.55 Å². The quantitative estimate of drug-likeness (QED) is 0.154. The lowest BCUT2D eigenvalue weighted by Gasteiger charge is -2.10. The summed E-state index contributed by atoms with van der Waals surface area (Å²) >= 11 is 0. The number of hydrogen-bond donors (Lipinski definition) is 2. The predicted octanol–water partition coefficient (Wildman–Crippen LogP) is 9.72. The van der Waals surface area contributed by atoms with E-state index in [0.717, 1.165) is 33.4 Å². The monoisotopic (exact) mass is 607 g/mol. The highest BCUT2D eigenvalue weighted by Crippen LogP contribution is 2.36. The molecule has 0 atom stereocenters. The molecule has 0 amide bonds. The summed E-state index contributed by atoms with van der Waals surface area (Å²) in [4.78, 5) is 8.97. The molecule has 5 nitrogen and oxygen atoms in total. The summed E-state index contributed by atoms with van der Waals surface area (Å²) in [6, 6.07) is 51.4. The summed E-state index contributed by atoms with van der Waals surface area (Å²) in [5.74, 6) is 0.347. The second-order valence-corrected chi connectivity index (χ2v) is 11.4. The van der Waals surface area contributed by atoms with Crippen LogP contribution in [-0.4, -0.2) is 21.2 Å². The van der Waals surface area contributed by atoms with Gasteiger partial charge in [0.15, 0.2) is 5.84 Å². The van der Waals surface area contributed by atoms with Crippen LogP contribution in [0.15, 0.2) is 169 Å². The number of aliphatic imine (C=N–C) groups is 1. The van der Waals surface area contributed by atoms with Gasteiger partial charge in [-0.1, -0.05) is 133 Å². The van der Waals surface area contributed by atoms with E-state index in [-0.39, 0.29) is 11.7 Å². The van der Waals surface area contributed by atoms with E-state index >= 15 is 0 Å². The lowest BCUT2D eigenvalue weighted by Crippen LogP contribution is -2.16. The van der Waals surface area contributed by atoms with Gasteiger partial charge in [-0.2, -0.15) is 0 Å². The van der Waals surface area contributed by atoms with Gasteiger partial charge in [0.05, 0.1) is 22.9 Å². The third-order valence-corrected chi connectivity index (χ3v) is 8.26. The number of pyridine rings is 1. The molecule has 0 aliphatic carbocycles. The van der Waals surface area contributed by atoms with E-state index in [9.17, 15) is 0 Å². The van der Waals surface area contributed by atoms with Crippen LogP contribution in [-0.2, 0) is 0 Å². The van der Waals surface area contributed by atoms with Crippen LogP contribution < -0.4 is 5.73 Å². The van der Waals surface area contributed by atoms with Gasteiger partial charge in [0, 0.05) is 28.1 Å². The Bertz CT molecular complexity index is 2390. The molecule has 0 saturated carbocycles. The van der Waals surface area contributed by atoms with E-state index in [1.54, 1.807) is 6.20 Å². The second-order valence-electron chi connectivity index (χ2n) is 11.4. The number of hydrogen-bond acceptors (Lipinski definition) is 2. The molecule has 0 saturated heterocycles. The fraction of sp³-hybridized carbons (Fsp3) is 0.0238. The zero-order valence-corrected chi connectivity index (χ0v) is 26.0. The lowest BCUT2D eigenvalue weighted by atomic mass is 10.0. The maximum Gasteiger partial charge on any atom is 0.155 e. The van der Waals surface area contributed by atoms with Gasteiger partial charge in [-0.3, -0.25) is 10.4 Å². The standard InChI is InChI=1S/C35H25N5.C7H8/c36-34(26-13-8-12-25(19-26)23-9-2-1-3-10-23)39-35(37)27-20-28(22-38-21-27)40-31-16-7-6-15-30(31)33-29-14-5-4-11-24(29)17-18-32(33)40;1-7-5-3-2-4-6-7/h1-22H,(H3,36,37,39);2-6H,1H3. The number of nitrogens with one attached hydrogen (secondary N) is 1. The van der Waals surface area contributed by atoms with Gasteiger partial charge in [-0.05, 0) is 53.1 Å². The van der Waals surface area contributed by atoms with Crippen LogP contribution >= 0.6 is 0 Å². The highest BCUT2D eigenvalue weighted by molar-refractivity contribution is 6.21. The molecule has 0 aliphatic heterocycles. The number of amidine groups is 2. The zero-order valence-electron chi connectivity index (χ0n) is 26.0. The predicted molar refractivity (Wildman–Crippen MR) is 197 cm³/mol. The first-order chi connectivity index (χ1) is 23.1. The fourth-order valence-corrected chi connectivity index (χ4v) is 5.97. The largest absolute Gasteiger partial charge is 0.383 e. The van der Waals surface area contributed by atoms with Crippen LogP contribution in [0.25, 0.3) is 49.4 Å². The van der Waals surface area contributed by atoms with Crippen molar-refractivity contribution in [2.24, 2.45) is 10.7 Å². The number of rotatable bonds is 4. The Labute approximate surface area is 273 Å². The highest BCUT2D eigenvalue weighted by atomic mass is 15.0. The third-order valence-electron chi connectivity index (χ3n) is 8.26. The van der Waals surface area contributed by atoms with Crippen LogP contribution in [0, 0.1) is 12.3 Å². The van der Waals surface area contributed by atoms with Crippen LogP contribution in [0.5, 0.6) is 0 Å². The molecule has 0 radical (unpaired) electrons. The van der Waals surface area contributed by atoms with Crippen molar-refractivity contribution in [3.63, 3.8) is 0 Å². The Morgan fingerprint density at radius 2 is 1.30 bits per heavy atom. The average molecular weight is 608 g/mol. The van der Waals surface area contributed by atoms with Crippen molar-refractivity contribution in [2.75, 3.05) is 0 Å². The summed E-state index contributed by atoms with van der Waals surface area (Å²) in [5.41, 5.74) is 14.3. The summed E-state index contributed by atoms with van der Waals surface area (Å²) in [5, 5.41) is 13.6. The zero-order chi connectivity index (χ0) is 32.2. The third kappa shape index (κ3) is 6.02. The van der Waals surface area contributed by atoms with Gasteiger partial charge in [0.25, 0.3) is 0 Å². The highest BCUT2D eigenvalue weighted by Gasteiger charge is 2.15. The number of benzene rings is 6. The number of fused-ring (bicyclic) bond motifs is 5. The van der Waals surface area contributed by atoms with Crippen molar-refractivity contribution >= 4 is 44.2 Å². The number of nitrogens with zero attached hydrogens (tertiary/aromatic N) is 3. The lowest BCUT2D eigenvalue weighted by molar-refractivity contribution is 1.13. The first kappa shape index (κ1) is 29.4. The molecule has 2 aromatic heterocycles. The molecule has 226 valence electrons. The van der Waals surface area contributed by atoms with Gasteiger partial charge < -0.3 is 10.3 Å². The normalized spacial score (nSPS) is 11.4. The Balaban J connectivity index is 0.000000447. The summed E-state index contributed by atoms with van der Waals surface area (Å²) < 4.78 is 2.21. The number of aryl methyl sites for hydroxylation is 1. The molecule has 0 aliphatic rings. The first-order valence-electron chi connectivity index (χ1n) is 15.5.